The molecule has 0 saturated heterocycles. The lowest BCUT2D eigenvalue weighted by Crippen LogP contribution is -2.13. The Morgan fingerprint density at radius 1 is 1.44 bits per heavy atom. The van der Waals surface area contributed by atoms with E-state index < -0.39 is 0 Å². The number of thiophene rings is 1. The number of carbonyl (C=O) groups is 1. The van der Waals surface area contributed by atoms with Gasteiger partial charge in [-0.1, -0.05) is 11.6 Å². The van der Waals surface area contributed by atoms with E-state index in [0.29, 0.717) is 22.4 Å². The smallest absolute Gasteiger partial charge is 0.198 e. The summed E-state index contributed by atoms with van der Waals surface area (Å²) in [7, 11) is 0. The number of Topliss-reactive ketones (excluding diaryl/α,β-unsaturated/α-hetero) is 1. The minimum Gasteiger partial charge on any atom is -0.376 e. The first kappa shape index (κ1) is 13.6. The number of hydrogen-bond acceptors (Lipinski definition) is 4. The van der Waals surface area contributed by atoms with E-state index in [1.807, 2.05) is 13.8 Å². The maximum Gasteiger partial charge on any atom is 0.198 e. The van der Waals surface area contributed by atoms with Crippen molar-refractivity contribution in [3.05, 3.63) is 21.3 Å². The second-order valence-electron chi connectivity index (χ2n) is 3.50. The molecule has 0 N–H and O–H groups in total. The zero-order chi connectivity index (χ0) is 12.0. The number of ether oxygens (including phenoxy) is 2. The van der Waals surface area contributed by atoms with Crippen LogP contribution in [-0.4, -0.2) is 31.7 Å². The van der Waals surface area contributed by atoms with E-state index >= 15 is 0 Å². The summed E-state index contributed by atoms with van der Waals surface area (Å²) in [5.74, 6) is -0.0403. The quantitative estimate of drug-likeness (QED) is 0.560. The first-order valence-electron chi connectivity index (χ1n) is 5.07. The third kappa shape index (κ3) is 5.07. The average molecular weight is 263 g/mol. The van der Waals surface area contributed by atoms with Crippen LogP contribution in [0.1, 0.15) is 23.5 Å². The fourth-order valence-electron chi connectivity index (χ4n) is 1.04. The Morgan fingerprint density at radius 2 is 2.19 bits per heavy atom. The Hall–Kier alpha value is -0.420. The highest BCUT2D eigenvalue weighted by atomic mass is 35.5. The van der Waals surface area contributed by atoms with Gasteiger partial charge in [-0.05, 0) is 26.0 Å². The highest BCUT2D eigenvalue weighted by Crippen LogP contribution is 2.21. The second kappa shape index (κ2) is 7.01. The number of carbonyl (C=O) groups excluding carboxylic acids is 1. The van der Waals surface area contributed by atoms with Crippen LogP contribution in [0.4, 0.5) is 0 Å². The maximum atomic E-state index is 11.5. The number of rotatable bonds is 7. The van der Waals surface area contributed by atoms with Gasteiger partial charge >= 0.3 is 0 Å². The lowest BCUT2D eigenvalue weighted by molar-refractivity contribution is 0.0209. The highest BCUT2D eigenvalue weighted by Gasteiger charge is 2.08. The summed E-state index contributed by atoms with van der Waals surface area (Å²) in [5.41, 5.74) is 0. The zero-order valence-electron chi connectivity index (χ0n) is 9.36. The molecule has 1 aromatic heterocycles. The van der Waals surface area contributed by atoms with Gasteiger partial charge in [-0.3, -0.25) is 4.79 Å². The minimum absolute atomic E-state index is 0.0403. The molecule has 16 heavy (non-hydrogen) atoms. The molecule has 0 unspecified atom stereocenters. The van der Waals surface area contributed by atoms with Crippen molar-refractivity contribution in [3.63, 3.8) is 0 Å². The van der Waals surface area contributed by atoms with Crippen LogP contribution < -0.4 is 0 Å². The summed E-state index contributed by atoms with van der Waals surface area (Å²) in [6.07, 6.45) is 0.190. The average Bonchev–Trinajstić information content (AvgIpc) is 2.63. The molecule has 1 heterocycles. The van der Waals surface area contributed by atoms with Crippen LogP contribution in [0.5, 0.6) is 0 Å². The molecule has 0 fully saturated rings. The van der Waals surface area contributed by atoms with Gasteiger partial charge in [-0.25, -0.2) is 0 Å². The Bertz CT molecular complexity index is 336. The van der Waals surface area contributed by atoms with Gasteiger partial charge in [0, 0.05) is 0 Å². The molecule has 0 aliphatic heterocycles. The molecule has 0 spiro atoms. The predicted molar refractivity (Wildman–Crippen MR) is 65.6 cm³/mol. The fourth-order valence-corrected chi connectivity index (χ4v) is 2.01. The normalized spacial score (nSPS) is 11.0. The van der Waals surface area contributed by atoms with Crippen LogP contribution >= 0.6 is 22.9 Å². The molecule has 0 aromatic carbocycles. The minimum atomic E-state index is -0.0403. The van der Waals surface area contributed by atoms with Crippen LogP contribution in [0.15, 0.2) is 12.1 Å². The summed E-state index contributed by atoms with van der Waals surface area (Å²) in [6.45, 7) is 4.94. The van der Waals surface area contributed by atoms with E-state index in [9.17, 15) is 4.79 Å². The van der Waals surface area contributed by atoms with Gasteiger partial charge in [0.1, 0.15) is 6.61 Å². The zero-order valence-corrected chi connectivity index (χ0v) is 10.9. The van der Waals surface area contributed by atoms with Crippen molar-refractivity contribution in [3.8, 4) is 0 Å². The van der Waals surface area contributed by atoms with E-state index in [-0.39, 0.29) is 18.5 Å². The van der Waals surface area contributed by atoms with Crippen molar-refractivity contribution < 1.29 is 14.3 Å². The molecular weight excluding hydrogens is 248 g/mol. The SMILES string of the molecule is CC(C)OCCOCC(=O)c1ccc(Cl)s1. The summed E-state index contributed by atoms with van der Waals surface area (Å²) in [4.78, 5) is 12.2. The van der Waals surface area contributed by atoms with Crippen LogP contribution in [0, 0.1) is 0 Å². The molecule has 0 atom stereocenters. The molecule has 90 valence electrons. The van der Waals surface area contributed by atoms with Crippen molar-refractivity contribution in [1.82, 2.24) is 0 Å². The van der Waals surface area contributed by atoms with Gasteiger partial charge in [-0.2, -0.15) is 0 Å². The molecule has 0 saturated carbocycles. The Balaban J connectivity index is 2.16. The van der Waals surface area contributed by atoms with Gasteiger partial charge in [0.25, 0.3) is 0 Å². The second-order valence-corrected chi connectivity index (χ2v) is 5.21. The van der Waals surface area contributed by atoms with Gasteiger partial charge in [0.2, 0.25) is 0 Å². The van der Waals surface area contributed by atoms with Gasteiger partial charge in [-0.15, -0.1) is 11.3 Å². The molecule has 0 bridgehead atoms. The van der Waals surface area contributed by atoms with Gasteiger partial charge in [0.15, 0.2) is 5.78 Å². The highest BCUT2D eigenvalue weighted by molar-refractivity contribution is 7.18. The predicted octanol–water partition coefficient (Wildman–Crippen LogP) is 3.03. The summed E-state index contributed by atoms with van der Waals surface area (Å²) < 4.78 is 11.1. The molecule has 0 aliphatic rings. The molecule has 5 heteroatoms. The third-order valence-electron chi connectivity index (χ3n) is 1.76. The molecule has 1 aromatic rings. The van der Waals surface area contributed by atoms with E-state index in [1.165, 1.54) is 11.3 Å². The van der Waals surface area contributed by atoms with Crippen LogP contribution in [0.25, 0.3) is 0 Å². The standard InChI is InChI=1S/C11H15ClO3S/c1-8(2)15-6-5-14-7-9(13)10-3-4-11(12)16-10/h3-4,8H,5-7H2,1-2H3. The lowest BCUT2D eigenvalue weighted by atomic mass is 10.3. The van der Waals surface area contributed by atoms with E-state index in [1.54, 1.807) is 12.1 Å². The van der Waals surface area contributed by atoms with Gasteiger partial charge in [0.05, 0.1) is 28.5 Å². The van der Waals surface area contributed by atoms with E-state index in [2.05, 4.69) is 0 Å². The molecule has 0 aliphatic carbocycles. The van der Waals surface area contributed by atoms with E-state index in [0.717, 1.165) is 0 Å². The lowest BCUT2D eigenvalue weighted by Gasteiger charge is -2.07. The van der Waals surface area contributed by atoms with Crippen molar-refractivity contribution in [2.75, 3.05) is 19.8 Å². The summed E-state index contributed by atoms with van der Waals surface area (Å²) in [5, 5.41) is 0. The molecule has 3 nitrogen and oxygen atoms in total. The van der Waals surface area contributed by atoms with Gasteiger partial charge < -0.3 is 9.47 Å². The first-order chi connectivity index (χ1) is 7.59. The van der Waals surface area contributed by atoms with Crippen molar-refractivity contribution >= 4 is 28.7 Å². The van der Waals surface area contributed by atoms with Crippen LogP contribution in [-0.2, 0) is 9.47 Å². The van der Waals surface area contributed by atoms with Crippen molar-refractivity contribution in [2.45, 2.75) is 20.0 Å². The fraction of sp³-hybridized carbons (Fsp3) is 0.545. The Morgan fingerprint density at radius 3 is 2.75 bits per heavy atom. The van der Waals surface area contributed by atoms with Crippen LogP contribution in [0.2, 0.25) is 4.34 Å². The molecule has 1 rings (SSSR count). The van der Waals surface area contributed by atoms with Crippen LogP contribution in [0.3, 0.4) is 0 Å². The van der Waals surface area contributed by atoms with Crippen molar-refractivity contribution in [1.29, 1.82) is 0 Å². The molecule has 0 amide bonds. The topological polar surface area (TPSA) is 35.5 Å². The number of hydrogen-bond donors (Lipinski definition) is 0. The summed E-state index contributed by atoms with van der Waals surface area (Å²) >= 11 is 7.00. The Kier molecular flexibility index (Phi) is 5.98. The maximum absolute atomic E-state index is 11.5. The molecule has 0 radical (unpaired) electrons. The summed E-state index contributed by atoms with van der Waals surface area (Å²) in [6, 6.07) is 3.42. The third-order valence-corrected chi connectivity index (χ3v) is 3.03. The number of halogens is 1. The first-order valence-corrected chi connectivity index (χ1v) is 6.27. The Labute approximate surface area is 104 Å². The largest absolute Gasteiger partial charge is 0.376 e. The monoisotopic (exact) mass is 262 g/mol. The van der Waals surface area contributed by atoms with E-state index in [4.69, 9.17) is 21.1 Å². The van der Waals surface area contributed by atoms with Crippen molar-refractivity contribution in [2.24, 2.45) is 0 Å². The molecular formula is C11H15ClO3S. The number of ketones is 1.